The quantitative estimate of drug-likeness (QED) is 0.886. The van der Waals surface area contributed by atoms with Gasteiger partial charge in [-0.2, -0.15) is 8.78 Å². The average molecular weight is 282 g/mol. The summed E-state index contributed by atoms with van der Waals surface area (Å²) in [5.41, 5.74) is -0.0264. The first-order chi connectivity index (χ1) is 6.80. The number of hydrogen-bond acceptors (Lipinski definition) is 1. The Morgan fingerprint density at radius 1 is 1.47 bits per heavy atom. The normalized spacial score (nSPS) is 11.3. The minimum atomic E-state index is -3.49. The summed E-state index contributed by atoms with van der Waals surface area (Å²) in [4.78, 5) is 10.9. The van der Waals surface area contributed by atoms with Crippen LogP contribution in [0, 0.1) is 5.82 Å². The molecule has 0 aliphatic heterocycles. The molecule has 0 bridgehead atoms. The lowest BCUT2D eigenvalue weighted by Crippen LogP contribution is -2.31. The molecule has 1 N–H and O–H groups in total. The van der Waals surface area contributed by atoms with Gasteiger partial charge in [0.15, 0.2) is 0 Å². The minimum Gasteiger partial charge on any atom is -0.320 e. The summed E-state index contributed by atoms with van der Waals surface area (Å²) in [6.45, 7) is 0.468. The highest BCUT2D eigenvalue weighted by molar-refractivity contribution is 9.10. The third-order valence-electron chi connectivity index (χ3n) is 1.58. The molecular weight excluding hydrogens is 275 g/mol. The molecule has 0 heterocycles. The van der Waals surface area contributed by atoms with Crippen molar-refractivity contribution in [3.8, 4) is 0 Å². The Bertz CT molecular complexity index is 389. The number of rotatable bonds is 2. The monoisotopic (exact) mass is 281 g/mol. The second kappa shape index (κ2) is 4.22. The predicted octanol–water partition coefficient (Wildman–Crippen LogP) is 3.18. The van der Waals surface area contributed by atoms with Crippen LogP contribution in [0.3, 0.4) is 0 Å². The van der Waals surface area contributed by atoms with Gasteiger partial charge in [-0.15, -0.1) is 0 Å². The summed E-state index contributed by atoms with van der Waals surface area (Å²) >= 11 is 3.00. The van der Waals surface area contributed by atoms with E-state index in [0.29, 0.717) is 11.4 Å². The Kier molecular flexibility index (Phi) is 3.38. The maximum atomic E-state index is 12.7. The van der Waals surface area contributed by atoms with Crippen LogP contribution in [0.4, 0.5) is 18.9 Å². The van der Waals surface area contributed by atoms with Crippen molar-refractivity contribution in [1.29, 1.82) is 0 Å². The van der Waals surface area contributed by atoms with Crippen LogP contribution in [0.2, 0.25) is 0 Å². The Morgan fingerprint density at radius 3 is 2.60 bits per heavy atom. The summed E-state index contributed by atoms with van der Waals surface area (Å²) in [6.07, 6.45) is 0. The van der Waals surface area contributed by atoms with Crippen LogP contribution in [-0.2, 0) is 4.79 Å². The fourth-order valence-corrected chi connectivity index (χ4v) is 1.17. The fraction of sp³-hybridized carbons (Fsp3) is 0.222. The van der Waals surface area contributed by atoms with Crippen LogP contribution in [0.25, 0.3) is 0 Å². The van der Waals surface area contributed by atoms with E-state index in [0.717, 1.165) is 12.1 Å². The van der Waals surface area contributed by atoms with Crippen molar-refractivity contribution >= 4 is 27.5 Å². The van der Waals surface area contributed by atoms with E-state index < -0.39 is 17.6 Å². The predicted molar refractivity (Wildman–Crippen MR) is 53.4 cm³/mol. The van der Waals surface area contributed by atoms with Crippen molar-refractivity contribution in [2.75, 3.05) is 5.32 Å². The lowest BCUT2D eigenvalue weighted by atomic mass is 10.3. The van der Waals surface area contributed by atoms with E-state index in [2.05, 4.69) is 15.9 Å². The second-order valence-electron chi connectivity index (χ2n) is 2.97. The number of carbonyl (C=O) groups excluding carboxylic acids is 1. The first-order valence-electron chi connectivity index (χ1n) is 3.95. The number of hydrogen-bond donors (Lipinski definition) is 1. The van der Waals surface area contributed by atoms with Gasteiger partial charge >= 0.3 is 5.92 Å². The third-order valence-corrected chi connectivity index (χ3v) is 2.27. The maximum Gasteiger partial charge on any atom is 0.322 e. The van der Waals surface area contributed by atoms with Crippen LogP contribution >= 0.6 is 15.9 Å². The molecule has 82 valence electrons. The van der Waals surface area contributed by atoms with Gasteiger partial charge in [0.05, 0.1) is 5.69 Å². The molecule has 6 heteroatoms. The molecule has 0 spiro atoms. The molecule has 0 atom stereocenters. The smallest absolute Gasteiger partial charge is 0.320 e. The summed E-state index contributed by atoms with van der Waals surface area (Å²) in [6, 6.07) is 3.41. The second-order valence-corrected chi connectivity index (χ2v) is 3.82. The lowest BCUT2D eigenvalue weighted by Gasteiger charge is -2.11. The van der Waals surface area contributed by atoms with Gasteiger partial charge < -0.3 is 5.32 Å². The summed E-state index contributed by atoms with van der Waals surface area (Å²) in [5.74, 6) is -5.59. The van der Waals surface area contributed by atoms with Gasteiger partial charge in [0.1, 0.15) is 5.82 Å². The molecule has 1 rings (SSSR count). The molecular formula is C9H7BrF3NO. The van der Waals surface area contributed by atoms with Gasteiger partial charge in [-0.1, -0.05) is 0 Å². The van der Waals surface area contributed by atoms with Crippen molar-refractivity contribution in [2.45, 2.75) is 12.8 Å². The van der Waals surface area contributed by atoms with Crippen molar-refractivity contribution in [3.05, 3.63) is 28.5 Å². The molecule has 0 saturated heterocycles. The molecule has 0 aliphatic rings. The highest BCUT2D eigenvalue weighted by Crippen LogP contribution is 2.24. The Morgan fingerprint density at radius 2 is 2.07 bits per heavy atom. The van der Waals surface area contributed by atoms with E-state index in [1.54, 1.807) is 0 Å². The lowest BCUT2D eigenvalue weighted by molar-refractivity contribution is -0.137. The maximum absolute atomic E-state index is 12.7. The largest absolute Gasteiger partial charge is 0.322 e. The molecule has 0 aliphatic carbocycles. The molecule has 0 radical (unpaired) electrons. The minimum absolute atomic E-state index is 0.0264. The summed E-state index contributed by atoms with van der Waals surface area (Å²) < 4.78 is 38.1. The molecule has 0 fully saturated rings. The van der Waals surface area contributed by atoms with Gasteiger partial charge in [0.2, 0.25) is 0 Å². The van der Waals surface area contributed by atoms with Gasteiger partial charge in [0, 0.05) is 11.4 Å². The van der Waals surface area contributed by atoms with Crippen molar-refractivity contribution in [3.63, 3.8) is 0 Å². The summed E-state index contributed by atoms with van der Waals surface area (Å²) in [7, 11) is 0. The van der Waals surface area contributed by atoms with E-state index in [1.807, 2.05) is 5.32 Å². The molecule has 15 heavy (non-hydrogen) atoms. The highest BCUT2D eigenvalue weighted by atomic mass is 79.9. The molecule has 0 saturated carbocycles. The Labute approximate surface area is 92.6 Å². The van der Waals surface area contributed by atoms with Crippen LogP contribution in [0.5, 0.6) is 0 Å². The third kappa shape index (κ3) is 3.23. The molecule has 0 unspecified atom stereocenters. The van der Waals surface area contributed by atoms with Crippen LogP contribution in [-0.4, -0.2) is 11.8 Å². The molecule has 0 aromatic heterocycles. The number of amides is 1. The number of anilines is 1. The SMILES string of the molecule is CC(F)(F)C(=O)Nc1cc(F)ccc1Br. The number of benzene rings is 1. The van der Waals surface area contributed by atoms with Crippen LogP contribution in [0.15, 0.2) is 22.7 Å². The van der Waals surface area contributed by atoms with E-state index in [9.17, 15) is 18.0 Å². The number of alkyl halides is 2. The number of nitrogens with one attached hydrogen (secondary N) is 1. The van der Waals surface area contributed by atoms with Crippen molar-refractivity contribution in [1.82, 2.24) is 0 Å². The summed E-state index contributed by atoms with van der Waals surface area (Å²) in [5, 5.41) is 1.92. The zero-order valence-corrected chi connectivity index (χ0v) is 9.24. The number of carbonyl (C=O) groups is 1. The molecule has 1 amide bonds. The van der Waals surface area contributed by atoms with Gasteiger partial charge in [-0.25, -0.2) is 4.39 Å². The van der Waals surface area contributed by atoms with E-state index in [-0.39, 0.29) is 5.69 Å². The topological polar surface area (TPSA) is 29.1 Å². The standard InChI is InChI=1S/C9H7BrF3NO/c1-9(12,13)8(15)14-7-4-5(11)2-3-6(7)10/h2-4H,1H3,(H,14,15). The van der Waals surface area contributed by atoms with E-state index in [4.69, 9.17) is 0 Å². The Hall–Kier alpha value is -1.04. The molecule has 2 nitrogen and oxygen atoms in total. The first-order valence-corrected chi connectivity index (χ1v) is 4.74. The zero-order valence-electron chi connectivity index (χ0n) is 7.65. The highest BCUT2D eigenvalue weighted by Gasteiger charge is 2.32. The first kappa shape index (κ1) is 12.0. The van der Waals surface area contributed by atoms with Crippen molar-refractivity contribution < 1.29 is 18.0 Å². The van der Waals surface area contributed by atoms with Gasteiger partial charge in [0.25, 0.3) is 5.91 Å². The van der Waals surface area contributed by atoms with E-state index in [1.165, 1.54) is 6.07 Å². The Balaban J connectivity index is 2.90. The van der Waals surface area contributed by atoms with Crippen LogP contribution in [0.1, 0.15) is 6.92 Å². The fourth-order valence-electron chi connectivity index (χ4n) is 0.825. The number of halogens is 4. The molecule has 1 aromatic carbocycles. The zero-order chi connectivity index (χ0) is 11.6. The average Bonchev–Trinajstić information content (AvgIpc) is 2.09. The van der Waals surface area contributed by atoms with E-state index >= 15 is 0 Å². The van der Waals surface area contributed by atoms with Crippen molar-refractivity contribution in [2.24, 2.45) is 0 Å². The molecule has 1 aromatic rings. The van der Waals surface area contributed by atoms with Crippen LogP contribution < -0.4 is 5.32 Å². The van der Waals surface area contributed by atoms with Gasteiger partial charge in [-0.3, -0.25) is 4.79 Å². The van der Waals surface area contributed by atoms with Gasteiger partial charge in [-0.05, 0) is 34.1 Å².